The summed E-state index contributed by atoms with van der Waals surface area (Å²) in [4.78, 5) is 22.6. The molecule has 0 aromatic carbocycles. The third-order valence-electron chi connectivity index (χ3n) is 1.09. The van der Waals surface area contributed by atoms with Crippen LogP contribution in [0.1, 0.15) is 0 Å². The van der Waals surface area contributed by atoms with Crippen LogP contribution in [0.2, 0.25) is 0 Å². The first-order valence-electron chi connectivity index (χ1n) is 2.55. The molecule has 0 unspecified atom stereocenters. The smallest absolute Gasteiger partial charge is 0.254 e. The fourth-order valence-electron chi connectivity index (χ4n) is 0.616. The van der Waals surface area contributed by atoms with Gasteiger partial charge >= 0.3 is 0 Å². The molecule has 0 atom stereocenters. The highest BCUT2D eigenvalue weighted by Crippen LogP contribution is 2.12. The highest BCUT2D eigenvalue weighted by Gasteiger charge is 2.21. The van der Waals surface area contributed by atoms with Crippen molar-refractivity contribution in [2.24, 2.45) is 0 Å². The maximum atomic E-state index is 10.7. The summed E-state index contributed by atoms with van der Waals surface area (Å²) in [5.41, 5.74) is 0. The second-order valence-corrected chi connectivity index (χ2v) is 2.99. The summed E-state index contributed by atoms with van der Waals surface area (Å²) < 4.78 is 0. The van der Waals surface area contributed by atoms with Gasteiger partial charge in [0.15, 0.2) is 0 Å². The van der Waals surface area contributed by atoms with Gasteiger partial charge in [-0.1, -0.05) is 10.8 Å². The van der Waals surface area contributed by atoms with Gasteiger partial charge in [-0.15, -0.1) is 11.7 Å². The Morgan fingerprint density at radius 3 is 2.30 bits per heavy atom. The lowest BCUT2D eigenvalue weighted by Crippen LogP contribution is -2.28. The van der Waals surface area contributed by atoms with Gasteiger partial charge in [0.05, 0.1) is 5.88 Å². The molecule has 0 aliphatic carbocycles. The zero-order valence-corrected chi connectivity index (χ0v) is 6.69. The molecule has 1 rings (SSSR count). The van der Waals surface area contributed by atoms with Crippen LogP contribution in [0.4, 0.5) is 0 Å². The number of hydrogen-bond donors (Lipinski definition) is 1. The molecule has 0 saturated heterocycles. The standard InChI is InChI=1S/C5H5NO2S2/c7-4-1-2-5(8)6(4)3-10-9/h1-2,9H,3H2. The lowest BCUT2D eigenvalue weighted by atomic mass is 10.6. The maximum absolute atomic E-state index is 10.7. The molecule has 0 spiro atoms. The van der Waals surface area contributed by atoms with Gasteiger partial charge < -0.3 is 0 Å². The van der Waals surface area contributed by atoms with E-state index >= 15 is 0 Å². The number of carbonyl (C=O) groups excluding carboxylic acids is 2. The fourth-order valence-corrected chi connectivity index (χ4v) is 1.33. The summed E-state index contributed by atoms with van der Waals surface area (Å²) in [7, 11) is 1.15. The molecular formula is C5H5NO2S2. The minimum Gasteiger partial charge on any atom is -0.269 e. The second-order valence-electron chi connectivity index (χ2n) is 1.70. The summed E-state index contributed by atoms with van der Waals surface area (Å²) in [5.74, 6) is -0.202. The van der Waals surface area contributed by atoms with Gasteiger partial charge in [-0.05, 0) is 0 Å². The van der Waals surface area contributed by atoms with E-state index in [1.807, 2.05) is 0 Å². The van der Waals surface area contributed by atoms with Crippen LogP contribution in [-0.4, -0.2) is 22.6 Å². The molecule has 0 radical (unpaired) electrons. The Labute approximate surface area is 67.3 Å². The SMILES string of the molecule is O=C1C=CC(=O)N1CSS. The summed E-state index contributed by atoms with van der Waals surface area (Å²) in [6.45, 7) is 0. The largest absolute Gasteiger partial charge is 0.269 e. The van der Waals surface area contributed by atoms with Crippen molar-refractivity contribution in [1.82, 2.24) is 4.90 Å². The average molecular weight is 175 g/mol. The summed E-state index contributed by atoms with van der Waals surface area (Å²) in [6.07, 6.45) is 2.51. The van der Waals surface area contributed by atoms with Crippen molar-refractivity contribution < 1.29 is 9.59 Å². The Morgan fingerprint density at radius 1 is 1.40 bits per heavy atom. The van der Waals surface area contributed by atoms with E-state index in [4.69, 9.17) is 0 Å². The number of nitrogens with zero attached hydrogens (tertiary/aromatic N) is 1. The Kier molecular flexibility index (Phi) is 2.39. The minimum atomic E-state index is -0.258. The van der Waals surface area contributed by atoms with Crippen molar-refractivity contribution in [2.75, 3.05) is 5.88 Å². The van der Waals surface area contributed by atoms with Crippen LogP contribution in [-0.2, 0) is 9.59 Å². The van der Waals surface area contributed by atoms with E-state index in [-0.39, 0.29) is 11.8 Å². The molecule has 0 saturated carbocycles. The van der Waals surface area contributed by atoms with Gasteiger partial charge in [-0.3, -0.25) is 14.5 Å². The minimum absolute atomic E-state index is 0.258. The zero-order chi connectivity index (χ0) is 7.56. The molecule has 1 aliphatic rings. The maximum Gasteiger partial charge on any atom is 0.254 e. The molecule has 3 nitrogen and oxygen atoms in total. The van der Waals surface area contributed by atoms with Crippen molar-refractivity contribution >= 4 is 34.3 Å². The second kappa shape index (κ2) is 3.12. The van der Waals surface area contributed by atoms with Crippen molar-refractivity contribution in [3.63, 3.8) is 0 Å². The van der Waals surface area contributed by atoms with Crippen LogP contribution < -0.4 is 0 Å². The molecule has 2 amide bonds. The Balaban J connectivity index is 2.60. The zero-order valence-electron chi connectivity index (χ0n) is 4.98. The van der Waals surface area contributed by atoms with Crippen LogP contribution in [0.5, 0.6) is 0 Å². The van der Waals surface area contributed by atoms with Gasteiger partial charge in [0.1, 0.15) is 0 Å². The molecule has 1 heterocycles. The number of rotatable bonds is 2. The van der Waals surface area contributed by atoms with E-state index in [0.717, 1.165) is 15.7 Å². The van der Waals surface area contributed by atoms with E-state index < -0.39 is 0 Å². The number of thiol groups is 1. The van der Waals surface area contributed by atoms with E-state index in [2.05, 4.69) is 11.7 Å². The molecule has 0 bridgehead atoms. The fraction of sp³-hybridized carbons (Fsp3) is 0.200. The van der Waals surface area contributed by atoms with Gasteiger partial charge in [0, 0.05) is 12.2 Å². The van der Waals surface area contributed by atoms with Gasteiger partial charge in [0.25, 0.3) is 11.8 Å². The lowest BCUT2D eigenvalue weighted by molar-refractivity contribution is -0.135. The van der Waals surface area contributed by atoms with Crippen LogP contribution >= 0.6 is 22.5 Å². The van der Waals surface area contributed by atoms with E-state index in [1.165, 1.54) is 12.2 Å². The van der Waals surface area contributed by atoms with Gasteiger partial charge in [0.2, 0.25) is 0 Å². The van der Waals surface area contributed by atoms with Crippen LogP contribution in [0.15, 0.2) is 12.2 Å². The number of imide groups is 1. The first-order chi connectivity index (χ1) is 4.75. The molecule has 5 heteroatoms. The Bertz CT molecular complexity index is 184. The third-order valence-corrected chi connectivity index (χ3v) is 1.81. The Morgan fingerprint density at radius 2 is 1.90 bits per heavy atom. The van der Waals surface area contributed by atoms with Gasteiger partial charge in [-0.25, -0.2) is 0 Å². The number of amides is 2. The van der Waals surface area contributed by atoms with Gasteiger partial charge in [-0.2, -0.15) is 0 Å². The normalized spacial score (nSPS) is 17.1. The first-order valence-corrected chi connectivity index (χ1v) is 4.59. The highest BCUT2D eigenvalue weighted by molar-refractivity contribution is 8.68. The summed E-state index contributed by atoms with van der Waals surface area (Å²) in [5, 5.41) is 0. The van der Waals surface area contributed by atoms with E-state index in [0.29, 0.717) is 5.88 Å². The quantitative estimate of drug-likeness (QED) is 0.376. The monoisotopic (exact) mass is 175 g/mol. The lowest BCUT2D eigenvalue weighted by Gasteiger charge is -2.09. The molecule has 0 N–H and O–H groups in total. The van der Waals surface area contributed by atoms with Crippen molar-refractivity contribution in [3.8, 4) is 0 Å². The molecule has 0 aromatic rings. The van der Waals surface area contributed by atoms with Crippen LogP contribution in [0, 0.1) is 0 Å². The van der Waals surface area contributed by atoms with E-state index in [1.54, 1.807) is 0 Å². The highest BCUT2D eigenvalue weighted by atomic mass is 33.1. The Hall–Kier alpha value is -0.420. The number of carbonyl (C=O) groups is 2. The van der Waals surface area contributed by atoms with Crippen molar-refractivity contribution in [2.45, 2.75) is 0 Å². The van der Waals surface area contributed by atoms with Crippen LogP contribution in [0.3, 0.4) is 0 Å². The van der Waals surface area contributed by atoms with Crippen LogP contribution in [0.25, 0.3) is 0 Å². The predicted octanol–water partition coefficient (Wildman–Crippen LogP) is 0.447. The van der Waals surface area contributed by atoms with E-state index in [9.17, 15) is 9.59 Å². The molecule has 10 heavy (non-hydrogen) atoms. The molecular weight excluding hydrogens is 170 g/mol. The average Bonchev–Trinajstić information content (AvgIpc) is 2.20. The molecule has 54 valence electrons. The summed E-state index contributed by atoms with van der Waals surface area (Å²) >= 11 is 3.82. The topological polar surface area (TPSA) is 37.4 Å². The third kappa shape index (κ3) is 1.35. The first kappa shape index (κ1) is 7.68. The molecule has 0 fully saturated rings. The van der Waals surface area contributed by atoms with Crippen molar-refractivity contribution in [1.29, 1.82) is 0 Å². The molecule has 0 aromatic heterocycles. The predicted molar refractivity (Wildman–Crippen MR) is 42.4 cm³/mol. The molecule has 1 aliphatic heterocycles. The number of hydrogen-bond acceptors (Lipinski definition) is 4. The van der Waals surface area contributed by atoms with Crippen molar-refractivity contribution in [3.05, 3.63) is 12.2 Å². The summed E-state index contributed by atoms with van der Waals surface area (Å²) in [6, 6.07) is 0.